The van der Waals surface area contributed by atoms with Gasteiger partial charge in [0.15, 0.2) is 5.82 Å². The first-order chi connectivity index (χ1) is 13.1. The summed E-state index contributed by atoms with van der Waals surface area (Å²) in [5.74, 6) is 1.43. The molecule has 4 rings (SSSR count). The first-order valence-electron chi connectivity index (χ1n) is 9.06. The number of nitrogens with one attached hydrogen (secondary N) is 2. The minimum atomic E-state index is -0.198. The number of piperidine rings is 1. The van der Waals surface area contributed by atoms with Crippen molar-refractivity contribution in [2.24, 2.45) is 7.05 Å². The Kier molecular flexibility index (Phi) is 6.43. The van der Waals surface area contributed by atoms with Crippen molar-refractivity contribution in [1.29, 1.82) is 0 Å². The zero-order valence-electron chi connectivity index (χ0n) is 15.8. The lowest BCUT2D eigenvalue weighted by Crippen LogP contribution is -2.27. The highest BCUT2D eigenvalue weighted by Gasteiger charge is 2.21. The van der Waals surface area contributed by atoms with E-state index in [4.69, 9.17) is 0 Å². The summed E-state index contributed by atoms with van der Waals surface area (Å²) in [6.45, 7) is 3.93. The minimum absolute atomic E-state index is 0. The van der Waals surface area contributed by atoms with Crippen molar-refractivity contribution in [2.75, 3.05) is 18.4 Å². The molecule has 0 unspecified atom stereocenters. The number of aryl methyl sites for hydroxylation is 2. The first kappa shape index (κ1) is 20.4. The lowest BCUT2D eigenvalue weighted by molar-refractivity contribution is 0.102. The van der Waals surface area contributed by atoms with Crippen molar-refractivity contribution >= 4 is 35.6 Å². The zero-order chi connectivity index (χ0) is 18.8. The van der Waals surface area contributed by atoms with E-state index in [9.17, 15) is 4.79 Å². The van der Waals surface area contributed by atoms with Gasteiger partial charge in [-0.3, -0.25) is 10.1 Å². The van der Waals surface area contributed by atoms with E-state index in [-0.39, 0.29) is 18.3 Å². The molecule has 0 saturated carbocycles. The number of thiazole rings is 1. The van der Waals surface area contributed by atoms with Gasteiger partial charge >= 0.3 is 0 Å². The lowest BCUT2D eigenvalue weighted by atomic mass is 9.98. The molecule has 2 N–H and O–H groups in total. The molecule has 1 amide bonds. The van der Waals surface area contributed by atoms with E-state index >= 15 is 0 Å². The van der Waals surface area contributed by atoms with Crippen LogP contribution in [0.5, 0.6) is 0 Å². The molecule has 9 heteroatoms. The fourth-order valence-corrected chi connectivity index (χ4v) is 3.88. The summed E-state index contributed by atoms with van der Waals surface area (Å²) in [4.78, 5) is 21.8. The molecule has 0 aliphatic carbocycles. The quantitative estimate of drug-likeness (QED) is 0.678. The highest BCUT2D eigenvalue weighted by atomic mass is 35.5. The second-order valence-corrected chi connectivity index (χ2v) is 7.79. The molecule has 1 aliphatic rings. The number of rotatable bonds is 4. The standard InChI is InChI=1S/C19H22N6OS.ClH/c1-12-21-16(11-27-12)14-4-3-5-15(10-14)18(26)23-19-22-17(24-25(19)2)13-6-8-20-9-7-13;/h3-5,10-11,13,20H,6-9H2,1-2H3,(H,22,23,24,26);1H. The molecule has 7 nitrogen and oxygen atoms in total. The number of halogens is 1. The van der Waals surface area contributed by atoms with Crippen molar-refractivity contribution in [1.82, 2.24) is 25.1 Å². The van der Waals surface area contributed by atoms with Crippen molar-refractivity contribution < 1.29 is 4.79 Å². The molecule has 0 spiro atoms. The largest absolute Gasteiger partial charge is 0.317 e. The van der Waals surface area contributed by atoms with Gasteiger partial charge in [0.05, 0.1) is 10.7 Å². The molecule has 1 fully saturated rings. The van der Waals surface area contributed by atoms with Crippen LogP contribution in [-0.4, -0.2) is 38.7 Å². The molecule has 0 radical (unpaired) electrons. The summed E-state index contributed by atoms with van der Waals surface area (Å²) < 4.78 is 1.64. The van der Waals surface area contributed by atoms with Gasteiger partial charge in [-0.25, -0.2) is 9.67 Å². The molecule has 148 valence electrons. The summed E-state index contributed by atoms with van der Waals surface area (Å²) >= 11 is 1.60. The minimum Gasteiger partial charge on any atom is -0.317 e. The number of nitrogens with zero attached hydrogens (tertiary/aromatic N) is 4. The van der Waals surface area contributed by atoms with Crippen LogP contribution in [0.3, 0.4) is 0 Å². The van der Waals surface area contributed by atoms with Crippen LogP contribution in [0.1, 0.15) is 39.9 Å². The maximum atomic E-state index is 12.7. The van der Waals surface area contributed by atoms with Gasteiger partial charge in [-0.05, 0) is 45.0 Å². The van der Waals surface area contributed by atoms with Crippen LogP contribution in [-0.2, 0) is 7.05 Å². The average Bonchev–Trinajstić information content (AvgIpc) is 3.29. The Morgan fingerprint density at radius 2 is 2.07 bits per heavy atom. The van der Waals surface area contributed by atoms with Crippen LogP contribution < -0.4 is 10.6 Å². The molecule has 2 aromatic heterocycles. The van der Waals surface area contributed by atoms with Gasteiger partial charge in [-0.2, -0.15) is 10.1 Å². The Morgan fingerprint density at radius 1 is 1.29 bits per heavy atom. The topological polar surface area (TPSA) is 84.7 Å². The second-order valence-electron chi connectivity index (χ2n) is 6.73. The van der Waals surface area contributed by atoms with E-state index in [2.05, 4.69) is 25.7 Å². The van der Waals surface area contributed by atoms with Crippen molar-refractivity contribution in [3.8, 4) is 11.3 Å². The van der Waals surface area contributed by atoms with E-state index < -0.39 is 0 Å². The predicted octanol–water partition coefficient (Wildman–Crippen LogP) is 3.39. The fourth-order valence-electron chi connectivity index (χ4n) is 3.26. The number of hydrogen-bond acceptors (Lipinski definition) is 6. The Bertz CT molecular complexity index is 963. The van der Waals surface area contributed by atoms with Crippen LogP contribution in [0.2, 0.25) is 0 Å². The van der Waals surface area contributed by atoms with E-state index in [0.29, 0.717) is 17.4 Å². The van der Waals surface area contributed by atoms with Crippen LogP contribution in [0.15, 0.2) is 29.6 Å². The Balaban J connectivity index is 0.00000225. The monoisotopic (exact) mass is 418 g/mol. The molecule has 28 heavy (non-hydrogen) atoms. The van der Waals surface area contributed by atoms with Crippen molar-refractivity contribution in [3.63, 3.8) is 0 Å². The number of hydrogen-bond donors (Lipinski definition) is 2. The second kappa shape index (κ2) is 8.81. The number of carbonyl (C=O) groups excluding carboxylic acids is 1. The zero-order valence-corrected chi connectivity index (χ0v) is 17.4. The fraction of sp³-hybridized carbons (Fsp3) is 0.368. The third-order valence-corrected chi connectivity index (χ3v) is 5.52. The van der Waals surface area contributed by atoms with Crippen molar-refractivity contribution in [3.05, 3.63) is 46.0 Å². The van der Waals surface area contributed by atoms with Gasteiger partial charge in [-0.1, -0.05) is 12.1 Å². The molecule has 1 aromatic carbocycles. The van der Waals surface area contributed by atoms with Crippen LogP contribution in [0, 0.1) is 6.92 Å². The Morgan fingerprint density at radius 3 is 2.79 bits per heavy atom. The third-order valence-electron chi connectivity index (χ3n) is 4.75. The van der Waals surface area contributed by atoms with E-state index in [0.717, 1.165) is 48.0 Å². The summed E-state index contributed by atoms with van der Waals surface area (Å²) in [6.07, 6.45) is 2.04. The number of benzene rings is 1. The Labute approximate surface area is 174 Å². The molecule has 1 aliphatic heterocycles. The molecule has 1 saturated heterocycles. The summed E-state index contributed by atoms with van der Waals surface area (Å²) in [5, 5.41) is 13.7. The first-order valence-corrected chi connectivity index (χ1v) is 9.93. The summed E-state index contributed by atoms with van der Waals surface area (Å²) in [7, 11) is 1.81. The summed E-state index contributed by atoms with van der Waals surface area (Å²) in [6, 6.07) is 7.48. The molecule has 3 aromatic rings. The lowest BCUT2D eigenvalue weighted by Gasteiger charge is -2.19. The molecular formula is C19H23ClN6OS. The van der Waals surface area contributed by atoms with Gasteiger partial charge in [0.25, 0.3) is 5.91 Å². The number of amides is 1. The van der Waals surface area contributed by atoms with Gasteiger partial charge in [0.2, 0.25) is 5.95 Å². The highest BCUT2D eigenvalue weighted by molar-refractivity contribution is 7.09. The van der Waals surface area contributed by atoms with Gasteiger partial charge in [0.1, 0.15) is 0 Å². The average molecular weight is 419 g/mol. The molecule has 3 heterocycles. The van der Waals surface area contributed by atoms with Crippen LogP contribution in [0.25, 0.3) is 11.3 Å². The van der Waals surface area contributed by atoms with Gasteiger partial charge in [0, 0.05) is 29.5 Å². The number of carbonyl (C=O) groups is 1. The van der Waals surface area contributed by atoms with Crippen LogP contribution >= 0.6 is 23.7 Å². The van der Waals surface area contributed by atoms with Gasteiger partial charge in [-0.15, -0.1) is 23.7 Å². The predicted molar refractivity (Wildman–Crippen MR) is 113 cm³/mol. The van der Waals surface area contributed by atoms with Crippen LogP contribution in [0.4, 0.5) is 5.95 Å². The van der Waals surface area contributed by atoms with E-state index in [1.165, 1.54) is 0 Å². The maximum Gasteiger partial charge on any atom is 0.258 e. The number of anilines is 1. The molecular weight excluding hydrogens is 396 g/mol. The smallest absolute Gasteiger partial charge is 0.258 e. The molecule has 0 atom stereocenters. The Hall–Kier alpha value is -2.29. The van der Waals surface area contributed by atoms with E-state index in [1.54, 1.807) is 22.1 Å². The third kappa shape index (κ3) is 4.40. The normalized spacial score (nSPS) is 14.5. The summed E-state index contributed by atoms with van der Waals surface area (Å²) in [5.41, 5.74) is 2.39. The maximum absolute atomic E-state index is 12.7. The highest BCUT2D eigenvalue weighted by Crippen LogP contribution is 2.24. The van der Waals surface area contributed by atoms with E-state index in [1.807, 2.05) is 37.6 Å². The molecule has 0 bridgehead atoms. The number of aromatic nitrogens is 4. The van der Waals surface area contributed by atoms with Crippen molar-refractivity contribution in [2.45, 2.75) is 25.7 Å². The van der Waals surface area contributed by atoms with Gasteiger partial charge < -0.3 is 5.32 Å². The SMILES string of the molecule is Cc1nc(-c2cccc(C(=O)Nc3nc(C4CCNCC4)nn3C)c2)cs1.Cl.